The fourth-order valence-corrected chi connectivity index (χ4v) is 3.33. The largest absolute Gasteiger partial charge is 0.496 e. The first-order valence-corrected chi connectivity index (χ1v) is 8.45. The highest BCUT2D eigenvalue weighted by Crippen LogP contribution is 2.46. The van der Waals surface area contributed by atoms with Gasteiger partial charge in [0.15, 0.2) is 11.5 Å². The summed E-state index contributed by atoms with van der Waals surface area (Å²) in [5.41, 5.74) is 7.42. The molecule has 0 spiro atoms. The van der Waals surface area contributed by atoms with E-state index in [2.05, 4.69) is 6.07 Å². The Labute approximate surface area is 162 Å². The molecule has 3 rings (SSSR count). The van der Waals surface area contributed by atoms with E-state index in [4.69, 9.17) is 24.7 Å². The van der Waals surface area contributed by atoms with Crippen LogP contribution >= 0.6 is 0 Å². The number of ether oxygens (including phenoxy) is 4. The molecule has 0 amide bonds. The number of fused-ring (bicyclic) bond motifs is 1. The lowest BCUT2D eigenvalue weighted by molar-refractivity contribution is 0.346. The van der Waals surface area contributed by atoms with Gasteiger partial charge in [0.25, 0.3) is 5.56 Å². The maximum Gasteiger partial charge on any atom is 0.258 e. The van der Waals surface area contributed by atoms with Gasteiger partial charge >= 0.3 is 0 Å². The number of methoxy groups -OCH3 is 3. The quantitative estimate of drug-likeness (QED) is 0.859. The highest BCUT2D eigenvalue weighted by atomic mass is 16.5. The number of rotatable bonds is 4. The van der Waals surface area contributed by atoms with Crippen LogP contribution in [0, 0.1) is 18.3 Å². The number of benzene rings is 1. The van der Waals surface area contributed by atoms with Gasteiger partial charge in [-0.25, -0.2) is 0 Å². The molecule has 0 aliphatic carbocycles. The molecule has 1 aliphatic heterocycles. The third-order valence-electron chi connectivity index (χ3n) is 4.90. The van der Waals surface area contributed by atoms with Gasteiger partial charge in [-0.1, -0.05) is 0 Å². The van der Waals surface area contributed by atoms with E-state index in [1.807, 2.05) is 0 Å². The van der Waals surface area contributed by atoms with Crippen molar-refractivity contribution in [1.29, 1.82) is 5.26 Å². The van der Waals surface area contributed by atoms with E-state index >= 15 is 0 Å². The first-order chi connectivity index (χ1) is 13.4. The van der Waals surface area contributed by atoms with Crippen molar-refractivity contribution in [2.24, 2.45) is 12.8 Å². The minimum Gasteiger partial charge on any atom is -0.496 e. The van der Waals surface area contributed by atoms with Gasteiger partial charge in [-0.05, 0) is 13.0 Å². The lowest BCUT2D eigenvalue weighted by atomic mass is 9.83. The summed E-state index contributed by atoms with van der Waals surface area (Å²) in [7, 11) is 6.17. The summed E-state index contributed by atoms with van der Waals surface area (Å²) < 4.78 is 23.3. The van der Waals surface area contributed by atoms with Crippen molar-refractivity contribution in [1.82, 2.24) is 4.57 Å². The van der Waals surface area contributed by atoms with Crippen LogP contribution in [-0.2, 0) is 7.05 Å². The third kappa shape index (κ3) is 2.81. The van der Waals surface area contributed by atoms with E-state index in [9.17, 15) is 10.1 Å². The molecule has 0 radical (unpaired) electrons. The summed E-state index contributed by atoms with van der Waals surface area (Å²) >= 11 is 0. The molecule has 8 nitrogen and oxygen atoms in total. The molecule has 1 aliphatic rings. The summed E-state index contributed by atoms with van der Waals surface area (Å²) in [5, 5.41) is 9.75. The Morgan fingerprint density at radius 1 is 1.11 bits per heavy atom. The Bertz CT molecular complexity index is 1080. The zero-order valence-corrected chi connectivity index (χ0v) is 16.3. The molecule has 0 unspecified atom stereocenters. The molecule has 0 fully saturated rings. The first-order valence-electron chi connectivity index (χ1n) is 8.45. The van der Waals surface area contributed by atoms with E-state index in [0.717, 1.165) is 0 Å². The van der Waals surface area contributed by atoms with Crippen LogP contribution in [-0.4, -0.2) is 25.9 Å². The second-order valence-corrected chi connectivity index (χ2v) is 6.30. The number of pyridine rings is 1. The fraction of sp³-hybridized carbons (Fsp3) is 0.300. The van der Waals surface area contributed by atoms with Crippen LogP contribution in [0.2, 0.25) is 0 Å². The van der Waals surface area contributed by atoms with Crippen LogP contribution in [0.3, 0.4) is 0 Å². The minimum atomic E-state index is -0.775. The Hall–Kier alpha value is -3.60. The van der Waals surface area contributed by atoms with Gasteiger partial charge in [-0.2, -0.15) is 5.26 Å². The summed E-state index contributed by atoms with van der Waals surface area (Å²) in [6.45, 7) is 1.79. The average Bonchev–Trinajstić information content (AvgIpc) is 2.70. The van der Waals surface area contributed by atoms with Crippen molar-refractivity contribution in [2.75, 3.05) is 21.3 Å². The molecule has 2 heterocycles. The lowest BCUT2D eigenvalue weighted by Gasteiger charge is -2.28. The molecule has 1 aromatic carbocycles. The molecular formula is C20H21N3O5. The van der Waals surface area contributed by atoms with Crippen molar-refractivity contribution in [3.63, 3.8) is 0 Å². The number of nitriles is 1. The van der Waals surface area contributed by atoms with E-state index in [0.29, 0.717) is 39.8 Å². The van der Waals surface area contributed by atoms with E-state index < -0.39 is 5.92 Å². The standard InChI is InChI=1S/C20H21N3O5/c1-10-6-16-18(20(24)23(10)2)17(12(9-21)19(22)28-16)11-7-14(26-4)15(27-5)8-13(11)25-3/h6-8,17H,22H2,1-5H3/t17-/m1/s1. The number of nitrogens with zero attached hydrogens (tertiary/aromatic N) is 2. The Morgan fingerprint density at radius 2 is 1.71 bits per heavy atom. The Kier molecular flexibility index (Phi) is 4.92. The number of nitrogens with two attached hydrogens (primary N) is 1. The monoisotopic (exact) mass is 383 g/mol. The second-order valence-electron chi connectivity index (χ2n) is 6.30. The molecule has 0 saturated carbocycles. The molecule has 146 valence electrons. The SMILES string of the molecule is COc1cc(OC)c([C@@H]2C(C#N)=C(N)Oc3cc(C)n(C)c(=O)c32)cc1OC. The second kappa shape index (κ2) is 7.19. The van der Waals surface area contributed by atoms with Gasteiger partial charge in [0.1, 0.15) is 23.1 Å². The number of hydrogen-bond donors (Lipinski definition) is 1. The number of aromatic nitrogens is 1. The first kappa shape index (κ1) is 19.2. The molecule has 8 heteroatoms. The smallest absolute Gasteiger partial charge is 0.258 e. The van der Waals surface area contributed by atoms with Gasteiger partial charge in [0, 0.05) is 30.4 Å². The number of hydrogen-bond acceptors (Lipinski definition) is 7. The zero-order chi connectivity index (χ0) is 20.6. The summed E-state index contributed by atoms with van der Waals surface area (Å²) in [5.74, 6) is 0.818. The number of aryl methyl sites for hydroxylation is 1. The van der Waals surface area contributed by atoms with Crippen LogP contribution in [0.5, 0.6) is 23.0 Å². The lowest BCUT2D eigenvalue weighted by Crippen LogP contribution is -2.31. The molecule has 2 aromatic rings. The minimum absolute atomic E-state index is 0.0514. The van der Waals surface area contributed by atoms with Crippen molar-refractivity contribution in [2.45, 2.75) is 12.8 Å². The van der Waals surface area contributed by atoms with E-state index in [1.54, 1.807) is 32.2 Å². The summed E-state index contributed by atoms with van der Waals surface area (Å²) in [4.78, 5) is 13.1. The van der Waals surface area contributed by atoms with Gasteiger partial charge in [0.2, 0.25) is 5.88 Å². The average molecular weight is 383 g/mol. The van der Waals surface area contributed by atoms with Crippen molar-refractivity contribution < 1.29 is 18.9 Å². The molecule has 1 atom stereocenters. The highest BCUT2D eigenvalue weighted by Gasteiger charge is 2.36. The van der Waals surface area contributed by atoms with Gasteiger partial charge < -0.3 is 29.2 Å². The maximum absolute atomic E-state index is 13.1. The van der Waals surface area contributed by atoms with Crippen molar-refractivity contribution in [3.8, 4) is 29.1 Å². The predicted octanol–water partition coefficient (Wildman–Crippen LogP) is 1.94. The molecule has 1 aromatic heterocycles. The van der Waals surface area contributed by atoms with Gasteiger partial charge in [-0.3, -0.25) is 4.79 Å². The van der Waals surface area contributed by atoms with Gasteiger partial charge in [0.05, 0.1) is 32.8 Å². The molecular weight excluding hydrogens is 362 g/mol. The fourth-order valence-electron chi connectivity index (χ4n) is 3.33. The third-order valence-corrected chi connectivity index (χ3v) is 4.90. The van der Waals surface area contributed by atoms with Crippen LogP contribution in [0.25, 0.3) is 0 Å². The van der Waals surface area contributed by atoms with Gasteiger partial charge in [-0.15, -0.1) is 0 Å². The highest BCUT2D eigenvalue weighted by molar-refractivity contribution is 5.61. The van der Waals surface area contributed by atoms with E-state index in [1.165, 1.54) is 25.9 Å². The zero-order valence-electron chi connectivity index (χ0n) is 16.3. The molecule has 28 heavy (non-hydrogen) atoms. The predicted molar refractivity (Wildman–Crippen MR) is 102 cm³/mol. The van der Waals surface area contributed by atoms with Crippen LogP contribution in [0.1, 0.15) is 22.7 Å². The normalized spacial score (nSPS) is 15.4. The molecule has 0 saturated heterocycles. The van der Waals surface area contributed by atoms with Crippen LogP contribution in [0.4, 0.5) is 0 Å². The topological polar surface area (TPSA) is 109 Å². The molecule has 2 N–H and O–H groups in total. The Balaban J connectivity index is 2.40. The van der Waals surface area contributed by atoms with E-state index in [-0.39, 0.29) is 17.0 Å². The maximum atomic E-state index is 13.1. The number of allylic oxidation sites excluding steroid dienone is 1. The molecule has 0 bridgehead atoms. The van der Waals surface area contributed by atoms with Crippen LogP contribution in [0.15, 0.2) is 34.4 Å². The van der Waals surface area contributed by atoms with Crippen LogP contribution < -0.4 is 30.2 Å². The summed E-state index contributed by atoms with van der Waals surface area (Å²) in [6, 6.07) is 7.12. The summed E-state index contributed by atoms with van der Waals surface area (Å²) in [6.07, 6.45) is 0. The van der Waals surface area contributed by atoms with Crippen molar-refractivity contribution in [3.05, 3.63) is 56.8 Å². The van der Waals surface area contributed by atoms with Crippen molar-refractivity contribution >= 4 is 0 Å². The Morgan fingerprint density at radius 3 is 2.29 bits per heavy atom.